The maximum absolute atomic E-state index is 13.0. The van der Waals surface area contributed by atoms with E-state index in [9.17, 15) is 96.8 Å². The van der Waals surface area contributed by atoms with E-state index in [2.05, 4.69) is 71.6 Å². The molecule has 9 aromatic rings. The largest absolute Gasteiger partial charge is 0.505 e. The van der Waals surface area contributed by atoms with Crippen molar-refractivity contribution in [3.8, 4) is 11.5 Å². The standard InChI is InChI=1S/C44H30Cl2N14O22S7/c45-39-51-41(47-20-4-3-5-22(14-20)83(63)64)55-43(53-39)49-28-17-24(85(68,69)70)11-19-13-32(89(80,81)82)36(38(62)34(19)28)60-58-26-15-21(8-9-30(26)87(74,75)76)48-42-52-40(46)54-44(56-42)50-27-16-23(84(65,66)67)10-18-12-31(88(77,78)79)35(37(61)33(18)27)59-57-25-6-1-2-7-29(25)86(71,72)73/h1-17,61-62H,(H,63,64)(H,65,66,67)(H,68,69,70)(H,71,72,73)(H,74,75,76)(H,77,78,79)(H,80,81,82)(H2,47,49,51,53,55)(H2,48,50,52,54,56). The van der Waals surface area contributed by atoms with Crippen LogP contribution in [0.4, 0.5) is 69.3 Å². The fourth-order valence-electron chi connectivity index (χ4n) is 7.96. The zero-order chi connectivity index (χ0) is 65.1. The van der Waals surface area contributed by atoms with Crippen molar-refractivity contribution in [2.45, 2.75) is 34.3 Å². The molecule has 2 heterocycles. The Bertz CT molecular complexity index is 5330. The van der Waals surface area contributed by atoms with Crippen LogP contribution in [0.15, 0.2) is 158 Å². The van der Waals surface area contributed by atoms with Crippen molar-refractivity contribution in [1.82, 2.24) is 29.9 Å². The van der Waals surface area contributed by atoms with Gasteiger partial charge in [0.25, 0.3) is 60.7 Å². The van der Waals surface area contributed by atoms with Crippen LogP contribution in [0.1, 0.15) is 0 Å². The Balaban J connectivity index is 1.12. The fourth-order valence-corrected chi connectivity index (χ4v) is 12.3. The van der Waals surface area contributed by atoms with Crippen molar-refractivity contribution in [3.63, 3.8) is 0 Å². The molecule has 0 radical (unpaired) electrons. The van der Waals surface area contributed by atoms with Gasteiger partial charge in [0.05, 0.1) is 26.1 Å². The Morgan fingerprint density at radius 2 is 0.809 bits per heavy atom. The normalized spacial score (nSPS) is 13.1. The second-order valence-corrected chi connectivity index (χ2v) is 27.5. The van der Waals surface area contributed by atoms with Crippen molar-refractivity contribution < 1.29 is 96.8 Å². The van der Waals surface area contributed by atoms with E-state index in [1.54, 1.807) is 0 Å². The summed E-state index contributed by atoms with van der Waals surface area (Å²) in [6, 6.07) is 15.8. The van der Waals surface area contributed by atoms with E-state index < -0.39 is 197 Å². The number of hydrogen-bond donors (Lipinski definition) is 13. The van der Waals surface area contributed by atoms with Crippen LogP contribution in [0.5, 0.6) is 11.5 Å². The Kier molecular flexibility index (Phi) is 17.4. The van der Waals surface area contributed by atoms with Crippen LogP contribution in [-0.2, 0) is 71.8 Å². The quantitative estimate of drug-likeness (QED) is 0.0207. The van der Waals surface area contributed by atoms with Gasteiger partial charge in [-0.2, -0.15) is 80.4 Å². The van der Waals surface area contributed by atoms with E-state index >= 15 is 0 Å². The summed E-state index contributed by atoms with van der Waals surface area (Å²) in [7, 11) is -31.8. The number of phenolic OH excluding ortho intramolecular Hbond substituents is 2. The lowest BCUT2D eigenvalue weighted by Gasteiger charge is -2.15. The van der Waals surface area contributed by atoms with Gasteiger partial charge in [0.1, 0.15) is 42.3 Å². The average Bonchev–Trinajstić information content (AvgIpc) is 0.920. The van der Waals surface area contributed by atoms with E-state index in [4.69, 9.17) is 23.2 Å². The summed E-state index contributed by atoms with van der Waals surface area (Å²) in [5, 5.41) is 44.9. The number of rotatable bonds is 19. The van der Waals surface area contributed by atoms with Crippen LogP contribution in [-0.4, -0.2) is 127 Å². The molecule has 0 amide bonds. The summed E-state index contributed by atoms with van der Waals surface area (Å²) in [5.41, 5.74) is -5.21. The Labute approximate surface area is 510 Å². The highest BCUT2D eigenvalue weighted by atomic mass is 35.5. The molecule has 13 N–H and O–H groups in total. The van der Waals surface area contributed by atoms with Gasteiger partial charge >= 0.3 is 0 Å². The van der Waals surface area contributed by atoms with Gasteiger partial charge in [-0.05, 0) is 119 Å². The molecule has 9 rings (SSSR count). The molecule has 36 nitrogen and oxygen atoms in total. The van der Waals surface area contributed by atoms with Gasteiger partial charge in [0.2, 0.25) is 34.4 Å². The third-order valence-electron chi connectivity index (χ3n) is 11.6. The molecule has 0 saturated carbocycles. The first-order chi connectivity index (χ1) is 41.3. The van der Waals surface area contributed by atoms with Crippen molar-refractivity contribution in [2.75, 3.05) is 21.3 Å². The molecule has 0 aliphatic heterocycles. The second kappa shape index (κ2) is 24.0. The maximum Gasteiger partial charge on any atom is 0.296 e. The minimum atomic E-state index is -5.58. The van der Waals surface area contributed by atoms with Crippen molar-refractivity contribution >= 4 is 186 Å². The summed E-state index contributed by atoms with van der Waals surface area (Å²) in [6.07, 6.45) is 0. The molecule has 0 spiro atoms. The van der Waals surface area contributed by atoms with Gasteiger partial charge in [-0.3, -0.25) is 27.3 Å². The summed E-state index contributed by atoms with van der Waals surface area (Å²) >= 11 is 9.97. The number of azo groups is 2. The van der Waals surface area contributed by atoms with Gasteiger partial charge in [-0.15, -0.1) is 20.5 Å². The number of nitrogens with one attached hydrogen (secondary N) is 4. The molecule has 0 saturated heterocycles. The van der Waals surface area contributed by atoms with E-state index in [0.29, 0.717) is 42.5 Å². The van der Waals surface area contributed by atoms with Crippen LogP contribution in [0.2, 0.25) is 10.6 Å². The lowest BCUT2D eigenvalue weighted by atomic mass is 10.1. The molecule has 0 fully saturated rings. The number of halogens is 2. The Morgan fingerprint density at radius 3 is 1.24 bits per heavy atom. The van der Waals surface area contributed by atoms with Gasteiger partial charge in [0.15, 0.2) is 22.6 Å². The van der Waals surface area contributed by atoms with Crippen LogP contribution in [0.25, 0.3) is 21.5 Å². The number of benzene rings is 7. The monoisotopic (exact) mass is 1400 g/mol. The van der Waals surface area contributed by atoms with Crippen molar-refractivity contribution in [3.05, 3.63) is 114 Å². The van der Waals surface area contributed by atoms with Gasteiger partial charge in [-0.1, -0.05) is 18.2 Å². The summed E-state index contributed by atoms with van der Waals surface area (Å²) < 4.78 is 233. The highest BCUT2D eigenvalue weighted by Crippen LogP contribution is 2.48. The third kappa shape index (κ3) is 14.7. The maximum atomic E-state index is 13.0. The van der Waals surface area contributed by atoms with Crippen molar-refractivity contribution in [2.24, 2.45) is 20.5 Å². The first-order valence-electron chi connectivity index (χ1n) is 23.0. The van der Waals surface area contributed by atoms with Crippen molar-refractivity contribution in [1.29, 1.82) is 0 Å². The first kappa shape index (κ1) is 64.7. The Morgan fingerprint density at radius 1 is 0.404 bits per heavy atom. The number of hydrogen-bond acceptors (Lipinski definition) is 29. The average molecular weight is 1400 g/mol. The highest BCUT2D eigenvalue weighted by molar-refractivity contribution is 7.87. The van der Waals surface area contributed by atoms with Crippen LogP contribution in [0.3, 0.4) is 0 Å². The fraction of sp³-hybridized carbons (Fsp3) is 0. The lowest BCUT2D eigenvalue weighted by Crippen LogP contribution is -2.06. The van der Waals surface area contributed by atoms with Crippen LogP contribution in [0, 0.1) is 0 Å². The molecule has 1 unspecified atom stereocenters. The summed E-state index contributed by atoms with van der Waals surface area (Å²) in [6.45, 7) is 0. The number of aromatic nitrogens is 6. The number of nitrogens with zero attached hydrogens (tertiary/aromatic N) is 10. The van der Waals surface area contributed by atoms with E-state index in [1.165, 1.54) is 36.4 Å². The molecule has 2 aromatic heterocycles. The third-order valence-corrected chi connectivity index (χ3v) is 17.7. The topological polar surface area (TPSA) is 579 Å². The number of anilines is 8. The minimum Gasteiger partial charge on any atom is -0.505 e. The molecule has 1 atom stereocenters. The zero-order valence-corrected chi connectivity index (χ0v) is 50.0. The predicted molar refractivity (Wildman–Crippen MR) is 310 cm³/mol. The molecule has 464 valence electrons. The summed E-state index contributed by atoms with van der Waals surface area (Å²) in [4.78, 5) is 17.2. The van der Waals surface area contributed by atoms with Gasteiger partial charge in [-0.25, -0.2) is 4.21 Å². The lowest BCUT2D eigenvalue weighted by molar-refractivity contribution is 0.471. The highest BCUT2D eigenvalue weighted by Gasteiger charge is 2.29. The van der Waals surface area contributed by atoms with Crippen LogP contribution < -0.4 is 21.3 Å². The molecule has 89 heavy (non-hydrogen) atoms. The van der Waals surface area contributed by atoms with Crippen LogP contribution >= 0.6 is 23.2 Å². The molecule has 45 heteroatoms. The number of fused-ring (bicyclic) bond motifs is 2. The second-order valence-electron chi connectivity index (χ2n) is 17.5. The molecular weight excluding hydrogens is 1370 g/mol. The molecule has 0 aliphatic rings. The SMILES string of the molecule is O=S(O)c1cccc(Nc2nc(Cl)nc(Nc3cc(S(=O)(=O)O)cc4cc(S(=O)(=O)O)c(N=Nc5cc(Nc6nc(Cl)nc(Nc7cc(S(=O)(=O)O)cc8cc(S(=O)(=O)O)c(N=Nc9ccccc9S(=O)(=O)O)c(O)c78)n6)ccc5S(=O)(=O)O)c(O)c34)n2)c1. The van der Waals surface area contributed by atoms with Gasteiger partial charge in [0, 0.05) is 22.1 Å². The smallest absolute Gasteiger partial charge is 0.296 e. The molecule has 0 aliphatic carbocycles. The zero-order valence-electron chi connectivity index (χ0n) is 42.7. The first-order valence-corrected chi connectivity index (χ1v) is 33.5. The predicted octanol–water partition coefficient (Wildman–Crippen LogP) is 7.95. The number of aromatic hydroxyl groups is 2. The van der Waals surface area contributed by atoms with Gasteiger partial charge < -0.3 is 36.0 Å². The van der Waals surface area contributed by atoms with E-state index in [1.807, 2.05) is 0 Å². The van der Waals surface area contributed by atoms with E-state index in [0.717, 1.165) is 24.3 Å². The molecule has 7 aromatic carbocycles. The number of phenols is 2. The minimum absolute atomic E-state index is 0.0472. The molecular formula is C44H30Cl2N14O22S7. The summed E-state index contributed by atoms with van der Waals surface area (Å²) in [5.74, 6) is -4.71. The Hall–Kier alpha value is -8.77. The molecule has 0 bridgehead atoms. The van der Waals surface area contributed by atoms with E-state index in [-0.39, 0.29) is 22.2 Å².